The maximum atomic E-state index is 13.3. The van der Waals surface area contributed by atoms with Crippen molar-refractivity contribution in [3.63, 3.8) is 0 Å². The summed E-state index contributed by atoms with van der Waals surface area (Å²) in [6.07, 6.45) is -4.36. The molecule has 25 heavy (non-hydrogen) atoms. The molecule has 1 aliphatic rings. The molecule has 0 aliphatic carbocycles. The van der Waals surface area contributed by atoms with E-state index in [1.807, 2.05) is 0 Å². The SMILES string of the molecule is COc1cccc(CC(=O)NCC(N2CCNCC2)C(F)(F)F)c1.Cl. The van der Waals surface area contributed by atoms with Gasteiger partial charge in [0.05, 0.1) is 13.5 Å². The van der Waals surface area contributed by atoms with Gasteiger partial charge < -0.3 is 15.4 Å². The number of nitrogens with one attached hydrogen (secondary N) is 2. The van der Waals surface area contributed by atoms with Crippen LogP contribution < -0.4 is 15.4 Å². The molecule has 1 saturated heterocycles. The molecule has 1 heterocycles. The van der Waals surface area contributed by atoms with E-state index in [9.17, 15) is 18.0 Å². The first-order valence-corrected chi connectivity index (χ1v) is 7.81. The van der Waals surface area contributed by atoms with Gasteiger partial charge in [-0.3, -0.25) is 9.69 Å². The van der Waals surface area contributed by atoms with Crippen LogP contribution in [-0.4, -0.2) is 62.9 Å². The van der Waals surface area contributed by atoms with Crippen molar-refractivity contribution in [3.8, 4) is 5.75 Å². The minimum Gasteiger partial charge on any atom is -0.497 e. The van der Waals surface area contributed by atoms with Crippen LogP contribution in [0.25, 0.3) is 0 Å². The summed E-state index contributed by atoms with van der Waals surface area (Å²) in [4.78, 5) is 13.3. The number of carbonyl (C=O) groups is 1. The number of halogens is 4. The summed E-state index contributed by atoms with van der Waals surface area (Å²) < 4.78 is 44.8. The van der Waals surface area contributed by atoms with Gasteiger partial charge in [-0.1, -0.05) is 12.1 Å². The van der Waals surface area contributed by atoms with Gasteiger partial charge in [0.2, 0.25) is 5.91 Å². The molecule has 0 aromatic heterocycles. The zero-order chi connectivity index (χ0) is 17.6. The summed E-state index contributed by atoms with van der Waals surface area (Å²) in [7, 11) is 1.51. The van der Waals surface area contributed by atoms with Crippen molar-refractivity contribution in [2.75, 3.05) is 39.8 Å². The molecule has 0 bridgehead atoms. The molecule has 5 nitrogen and oxygen atoms in total. The third-order valence-corrected chi connectivity index (χ3v) is 3.96. The van der Waals surface area contributed by atoms with Crippen LogP contribution in [0.1, 0.15) is 5.56 Å². The summed E-state index contributed by atoms with van der Waals surface area (Å²) >= 11 is 0. The van der Waals surface area contributed by atoms with Gasteiger partial charge in [0.1, 0.15) is 11.8 Å². The molecule has 1 fully saturated rings. The summed E-state index contributed by atoms with van der Waals surface area (Å²) in [5.74, 6) is 0.168. The molecule has 1 aromatic rings. The molecular formula is C16H23ClF3N3O2. The number of amides is 1. The lowest BCUT2D eigenvalue weighted by molar-refractivity contribution is -0.184. The predicted molar refractivity (Wildman–Crippen MR) is 91.2 cm³/mol. The molecule has 2 N–H and O–H groups in total. The monoisotopic (exact) mass is 381 g/mol. The highest BCUT2D eigenvalue weighted by atomic mass is 35.5. The number of hydrogen-bond donors (Lipinski definition) is 2. The van der Waals surface area contributed by atoms with Crippen LogP contribution in [0.5, 0.6) is 5.75 Å². The van der Waals surface area contributed by atoms with Gasteiger partial charge in [-0.05, 0) is 17.7 Å². The number of alkyl halides is 3. The average Bonchev–Trinajstić information content (AvgIpc) is 2.55. The lowest BCUT2D eigenvalue weighted by Crippen LogP contribution is -2.57. The third-order valence-electron chi connectivity index (χ3n) is 3.96. The van der Waals surface area contributed by atoms with Crippen LogP contribution in [0.4, 0.5) is 13.2 Å². The molecule has 0 spiro atoms. The van der Waals surface area contributed by atoms with Crippen molar-refractivity contribution in [1.82, 2.24) is 15.5 Å². The van der Waals surface area contributed by atoms with Gasteiger partial charge in [0.15, 0.2) is 0 Å². The van der Waals surface area contributed by atoms with E-state index >= 15 is 0 Å². The molecule has 0 saturated carbocycles. The second kappa shape index (κ2) is 9.84. The minimum absolute atomic E-state index is 0. The van der Waals surface area contributed by atoms with E-state index in [1.165, 1.54) is 12.0 Å². The number of carbonyl (C=O) groups excluding carboxylic acids is 1. The van der Waals surface area contributed by atoms with Gasteiger partial charge in [-0.2, -0.15) is 13.2 Å². The van der Waals surface area contributed by atoms with E-state index in [2.05, 4.69) is 10.6 Å². The maximum Gasteiger partial charge on any atom is 0.405 e. The first kappa shape index (κ1) is 21.5. The Labute approximate surface area is 151 Å². The number of hydrogen-bond acceptors (Lipinski definition) is 4. The third kappa shape index (κ3) is 6.72. The van der Waals surface area contributed by atoms with Crippen molar-refractivity contribution in [2.45, 2.75) is 18.6 Å². The van der Waals surface area contributed by atoms with Gasteiger partial charge in [0.25, 0.3) is 0 Å². The number of benzene rings is 1. The quantitative estimate of drug-likeness (QED) is 0.786. The van der Waals surface area contributed by atoms with E-state index < -0.39 is 24.7 Å². The lowest BCUT2D eigenvalue weighted by Gasteiger charge is -2.35. The Bertz CT molecular complexity index is 552. The summed E-state index contributed by atoms with van der Waals surface area (Å²) in [5, 5.41) is 5.43. The Morgan fingerprint density at radius 1 is 1.36 bits per heavy atom. The van der Waals surface area contributed by atoms with Crippen LogP contribution in [0.15, 0.2) is 24.3 Å². The topological polar surface area (TPSA) is 53.6 Å². The Hall–Kier alpha value is -1.51. The number of ether oxygens (including phenoxy) is 1. The van der Waals surface area contributed by atoms with Crippen LogP contribution in [-0.2, 0) is 11.2 Å². The molecule has 9 heteroatoms. The number of methoxy groups -OCH3 is 1. The fraction of sp³-hybridized carbons (Fsp3) is 0.562. The Kier molecular flexibility index (Phi) is 8.47. The molecule has 1 aliphatic heterocycles. The Morgan fingerprint density at radius 2 is 2.04 bits per heavy atom. The summed E-state index contributed by atoms with van der Waals surface area (Å²) in [6, 6.07) is 5.25. The van der Waals surface area contributed by atoms with Crippen LogP contribution in [0.2, 0.25) is 0 Å². The Balaban J connectivity index is 0.00000312. The smallest absolute Gasteiger partial charge is 0.405 e. The Morgan fingerprint density at radius 3 is 2.64 bits per heavy atom. The van der Waals surface area contributed by atoms with Crippen molar-refractivity contribution in [2.24, 2.45) is 0 Å². The molecule has 2 rings (SSSR count). The maximum absolute atomic E-state index is 13.3. The predicted octanol–water partition coefficient (Wildman–Crippen LogP) is 1.61. The summed E-state index contributed by atoms with van der Waals surface area (Å²) in [5.41, 5.74) is 0.692. The van der Waals surface area contributed by atoms with E-state index in [-0.39, 0.29) is 18.8 Å². The zero-order valence-corrected chi connectivity index (χ0v) is 14.8. The first-order valence-electron chi connectivity index (χ1n) is 7.81. The van der Waals surface area contributed by atoms with Gasteiger partial charge in [0, 0.05) is 32.7 Å². The molecule has 142 valence electrons. The average molecular weight is 382 g/mol. The molecular weight excluding hydrogens is 359 g/mol. The van der Waals surface area contributed by atoms with Gasteiger partial charge in [-0.15, -0.1) is 12.4 Å². The van der Waals surface area contributed by atoms with Crippen LogP contribution in [0, 0.1) is 0 Å². The minimum atomic E-state index is -4.37. The van der Waals surface area contributed by atoms with Gasteiger partial charge in [-0.25, -0.2) is 0 Å². The van der Waals surface area contributed by atoms with Crippen molar-refractivity contribution < 1.29 is 22.7 Å². The summed E-state index contributed by atoms with van der Waals surface area (Å²) in [6.45, 7) is 1.23. The highest BCUT2D eigenvalue weighted by molar-refractivity contribution is 5.85. The molecule has 1 atom stereocenters. The standard InChI is InChI=1S/C16H22F3N3O2.ClH/c1-24-13-4-2-3-12(9-13)10-15(23)21-11-14(16(17,18)19)22-7-5-20-6-8-22;/h2-4,9,14,20H,5-8,10-11H2,1H3,(H,21,23);1H. The molecule has 1 amide bonds. The van der Waals surface area contributed by atoms with Crippen LogP contribution in [0.3, 0.4) is 0 Å². The number of piperazine rings is 1. The van der Waals surface area contributed by atoms with Crippen LogP contribution >= 0.6 is 12.4 Å². The van der Waals surface area contributed by atoms with Crippen molar-refractivity contribution in [1.29, 1.82) is 0 Å². The number of rotatable bonds is 6. The second-order valence-electron chi connectivity index (χ2n) is 5.68. The highest BCUT2D eigenvalue weighted by Crippen LogP contribution is 2.24. The van der Waals surface area contributed by atoms with E-state index in [0.717, 1.165) is 0 Å². The lowest BCUT2D eigenvalue weighted by atomic mass is 10.1. The zero-order valence-electron chi connectivity index (χ0n) is 13.9. The van der Waals surface area contributed by atoms with Gasteiger partial charge >= 0.3 is 6.18 Å². The molecule has 1 unspecified atom stereocenters. The van der Waals surface area contributed by atoms with E-state index in [0.29, 0.717) is 37.5 Å². The second-order valence-corrected chi connectivity index (χ2v) is 5.68. The van der Waals surface area contributed by atoms with Crippen molar-refractivity contribution in [3.05, 3.63) is 29.8 Å². The fourth-order valence-corrected chi connectivity index (χ4v) is 2.69. The molecule has 0 radical (unpaired) electrons. The van der Waals surface area contributed by atoms with Crippen molar-refractivity contribution >= 4 is 18.3 Å². The highest BCUT2D eigenvalue weighted by Gasteiger charge is 2.43. The van der Waals surface area contributed by atoms with E-state index in [4.69, 9.17) is 4.74 Å². The normalized spacial score (nSPS) is 16.6. The fourth-order valence-electron chi connectivity index (χ4n) is 2.69. The largest absolute Gasteiger partial charge is 0.497 e. The van der Waals surface area contributed by atoms with E-state index in [1.54, 1.807) is 24.3 Å². The first-order chi connectivity index (χ1) is 11.4. The molecule has 1 aromatic carbocycles. The number of nitrogens with zero attached hydrogens (tertiary/aromatic N) is 1.